The highest BCUT2D eigenvalue weighted by molar-refractivity contribution is 5.83. The van der Waals surface area contributed by atoms with Crippen molar-refractivity contribution in [2.24, 2.45) is 0 Å². The molecule has 0 saturated heterocycles. The highest BCUT2D eigenvalue weighted by Gasteiger charge is 1.95. The Labute approximate surface area is 146 Å². The minimum Gasteiger partial charge on any atom is -0.545 e. The first-order valence-electron chi connectivity index (χ1n) is 9.34. The Kier molecular flexibility index (Phi) is 11.5. The normalized spacial score (nSPS) is 11.0. The van der Waals surface area contributed by atoms with Crippen LogP contribution in [-0.4, -0.2) is 12.6 Å². The molecule has 0 amide bonds. The molecule has 0 spiro atoms. The monoisotopic (exact) mass is 331 g/mol. The van der Waals surface area contributed by atoms with Gasteiger partial charge in [0.2, 0.25) is 0 Å². The number of benzene rings is 1. The van der Waals surface area contributed by atoms with E-state index >= 15 is 0 Å². The Morgan fingerprint density at radius 1 is 0.917 bits per heavy atom. The summed E-state index contributed by atoms with van der Waals surface area (Å²) in [5.74, 6) is -0.354. The summed E-state index contributed by atoms with van der Waals surface area (Å²) in [4.78, 5) is 10.3. The van der Waals surface area contributed by atoms with E-state index in [1.807, 2.05) is 24.3 Å². The summed E-state index contributed by atoms with van der Waals surface area (Å²) in [6.45, 7) is 3.00. The lowest BCUT2D eigenvalue weighted by molar-refractivity contribution is -0.297. The van der Waals surface area contributed by atoms with Crippen LogP contribution in [0.1, 0.15) is 76.7 Å². The number of aliphatic carboxylic acids is 1. The van der Waals surface area contributed by atoms with Gasteiger partial charge in [-0.15, -0.1) is 0 Å². The van der Waals surface area contributed by atoms with Crippen LogP contribution in [0.15, 0.2) is 30.3 Å². The molecule has 0 radical (unpaired) electrons. The van der Waals surface area contributed by atoms with Gasteiger partial charge >= 0.3 is 0 Å². The first-order chi connectivity index (χ1) is 11.7. The molecule has 0 saturated carbocycles. The number of rotatable bonds is 14. The number of carboxylic acids is 1. The maximum Gasteiger partial charge on any atom is 0.119 e. The molecule has 0 N–H and O–H groups in total. The minimum absolute atomic E-state index is 0.741. The average molecular weight is 331 g/mol. The van der Waals surface area contributed by atoms with Crippen molar-refractivity contribution in [1.82, 2.24) is 0 Å². The van der Waals surface area contributed by atoms with Gasteiger partial charge in [-0.25, -0.2) is 0 Å². The van der Waals surface area contributed by atoms with Crippen LogP contribution < -0.4 is 9.84 Å². The third kappa shape index (κ3) is 10.9. The molecular formula is C21H31O3-. The quantitative estimate of drug-likeness (QED) is 0.365. The summed E-state index contributed by atoms with van der Waals surface area (Å²) in [5.41, 5.74) is 0.825. The van der Waals surface area contributed by atoms with Crippen LogP contribution in [0.25, 0.3) is 6.08 Å². The lowest BCUT2D eigenvalue weighted by Crippen LogP contribution is -2.18. The van der Waals surface area contributed by atoms with Crippen molar-refractivity contribution >= 4 is 12.0 Å². The summed E-state index contributed by atoms with van der Waals surface area (Å²) >= 11 is 0. The first kappa shape index (κ1) is 20.3. The fourth-order valence-corrected chi connectivity index (χ4v) is 2.62. The maximum absolute atomic E-state index is 10.3. The van der Waals surface area contributed by atoms with Crippen LogP contribution in [0.3, 0.4) is 0 Å². The molecule has 3 nitrogen and oxygen atoms in total. The Morgan fingerprint density at radius 3 is 2.00 bits per heavy atom. The molecular weight excluding hydrogens is 300 g/mol. The molecule has 0 aliphatic rings. The molecule has 0 bridgehead atoms. The summed E-state index contributed by atoms with van der Waals surface area (Å²) in [5, 5.41) is 10.3. The van der Waals surface area contributed by atoms with E-state index in [9.17, 15) is 9.90 Å². The smallest absolute Gasteiger partial charge is 0.119 e. The van der Waals surface area contributed by atoms with Crippen LogP contribution >= 0.6 is 0 Å². The van der Waals surface area contributed by atoms with Crippen molar-refractivity contribution in [3.8, 4) is 5.75 Å². The molecule has 0 heterocycles. The summed E-state index contributed by atoms with van der Waals surface area (Å²) in [6, 6.07) is 7.41. The lowest BCUT2D eigenvalue weighted by Gasteiger charge is -2.06. The van der Waals surface area contributed by atoms with E-state index < -0.39 is 5.97 Å². The van der Waals surface area contributed by atoms with Crippen molar-refractivity contribution in [3.05, 3.63) is 35.9 Å². The fourth-order valence-electron chi connectivity index (χ4n) is 2.62. The van der Waals surface area contributed by atoms with Gasteiger partial charge in [-0.05, 0) is 30.2 Å². The molecule has 0 aliphatic heterocycles. The Balaban J connectivity index is 2.00. The van der Waals surface area contributed by atoms with Crippen LogP contribution in [0.4, 0.5) is 0 Å². The number of carbonyl (C=O) groups is 1. The molecule has 0 atom stereocenters. The highest BCUT2D eigenvalue weighted by Crippen LogP contribution is 2.14. The Hall–Kier alpha value is -1.77. The third-order valence-electron chi connectivity index (χ3n) is 4.06. The zero-order chi connectivity index (χ0) is 17.5. The second-order valence-corrected chi connectivity index (χ2v) is 6.25. The SMILES string of the molecule is CCCCCCCCCCCCOc1ccc(/C=C/C(=O)[O-])cc1. The zero-order valence-corrected chi connectivity index (χ0v) is 15.0. The highest BCUT2D eigenvalue weighted by atomic mass is 16.5. The minimum atomic E-state index is -1.18. The van der Waals surface area contributed by atoms with Gasteiger partial charge in [0.1, 0.15) is 5.75 Å². The predicted molar refractivity (Wildman–Crippen MR) is 97.8 cm³/mol. The number of ether oxygens (including phenoxy) is 1. The van der Waals surface area contributed by atoms with Crippen LogP contribution in [0, 0.1) is 0 Å². The second kappa shape index (κ2) is 13.6. The van der Waals surface area contributed by atoms with E-state index in [-0.39, 0.29) is 0 Å². The molecule has 134 valence electrons. The van der Waals surface area contributed by atoms with Gasteiger partial charge in [0.25, 0.3) is 0 Å². The topological polar surface area (TPSA) is 49.4 Å². The van der Waals surface area contributed by atoms with E-state index in [4.69, 9.17) is 4.74 Å². The Morgan fingerprint density at radius 2 is 1.46 bits per heavy atom. The number of hydrogen-bond donors (Lipinski definition) is 0. The van der Waals surface area contributed by atoms with Crippen molar-refractivity contribution in [2.75, 3.05) is 6.61 Å². The number of carboxylic acid groups (broad SMARTS) is 1. The number of unbranched alkanes of at least 4 members (excludes halogenated alkanes) is 9. The van der Waals surface area contributed by atoms with Crippen molar-refractivity contribution < 1.29 is 14.6 Å². The lowest BCUT2D eigenvalue weighted by atomic mass is 10.1. The molecule has 0 aliphatic carbocycles. The predicted octanol–water partition coefficient (Wildman–Crippen LogP) is 4.75. The van der Waals surface area contributed by atoms with Crippen LogP contribution in [0.2, 0.25) is 0 Å². The standard InChI is InChI=1S/C21H32O3/c1-2-3-4-5-6-7-8-9-10-11-18-24-20-15-12-19(13-16-20)14-17-21(22)23/h12-17H,2-11,18H2,1H3,(H,22,23)/p-1/b17-14+. The van der Waals surface area contributed by atoms with Gasteiger partial charge in [-0.1, -0.05) is 82.9 Å². The van der Waals surface area contributed by atoms with E-state index in [1.165, 1.54) is 63.9 Å². The van der Waals surface area contributed by atoms with Crippen molar-refractivity contribution in [1.29, 1.82) is 0 Å². The zero-order valence-electron chi connectivity index (χ0n) is 15.0. The van der Waals surface area contributed by atoms with Crippen LogP contribution in [0.5, 0.6) is 5.75 Å². The van der Waals surface area contributed by atoms with E-state index in [1.54, 1.807) is 0 Å². The number of carbonyl (C=O) groups excluding carboxylic acids is 1. The molecule has 0 aromatic heterocycles. The average Bonchev–Trinajstić information content (AvgIpc) is 2.59. The van der Waals surface area contributed by atoms with Gasteiger partial charge in [-0.3, -0.25) is 0 Å². The van der Waals surface area contributed by atoms with E-state index in [0.29, 0.717) is 0 Å². The number of hydrogen-bond acceptors (Lipinski definition) is 3. The maximum atomic E-state index is 10.3. The molecule has 3 heteroatoms. The van der Waals surface area contributed by atoms with Gasteiger partial charge in [0.15, 0.2) is 0 Å². The summed E-state index contributed by atoms with van der Waals surface area (Å²) in [6.07, 6.45) is 15.7. The largest absolute Gasteiger partial charge is 0.545 e. The molecule has 24 heavy (non-hydrogen) atoms. The summed E-state index contributed by atoms with van der Waals surface area (Å²) in [7, 11) is 0. The van der Waals surface area contributed by atoms with Crippen molar-refractivity contribution in [2.45, 2.75) is 71.1 Å². The first-order valence-corrected chi connectivity index (χ1v) is 9.34. The van der Waals surface area contributed by atoms with Crippen LogP contribution in [-0.2, 0) is 4.79 Å². The van der Waals surface area contributed by atoms with Gasteiger partial charge in [0, 0.05) is 0 Å². The van der Waals surface area contributed by atoms with Gasteiger partial charge in [0.05, 0.1) is 12.6 Å². The van der Waals surface area contributed by atoms with E-state index in [0.717, 1.165) is 30.4 Å². The molecule has 0 unspecified atom stereocenters. The molecule has 0 fully saturated rings. The van der Waals surface area contributed by atoms with Gasteiger partial charge < -0.3 is 14.6 Å². The van der Waals surface area contributed by atoms with Gasteiger partial charge in [-0.2, -0.15) is 0 Å². The summed E-state index contributed by atoms with van der Waals surface area (Å²) < 4.78 is 5.71. The van der Waals surface area contributed by atoms with Crippen molar-refractivity contribution in [3.63, 3.8) is 0 Å². The molecule has 1 aromatic rings. The molecule has 1 aromatic carbocycles. The van der Waals surface area contributed by atoms with E-state index in [2.05, 4.69) is 6.92 Å². The third-order valence-corrected chi connectivity index (χ3v) is 4.06. The Bertz CT molecular complexity index is 462. The second-order valence-electron chi connectivity index (χ2n) is 6.25. The fraction of sp³-hybridized carbons (Fsp3) is 0.571. The molecule has 1 rings (SSSR count).